The number of aromatic nitrogens is 4. The van der Waals surface area contributed by atoms with E-state index in [1.165, 1.54) is 4.90 Å². The van der Waals surface area contributed by atoms with Crippen molar-refractivity contribution in [1.82, 2.24) is 30.4 Å². The van der Waals surface area contributed by atoms with E-state index in [-0.39, 0.29) is 5.91 Å². The van der Waals surface area contributed by atoms with Crippen molar-refractivity contribution in [3.05, 3.63) is 36.2 Å². The number of carbonyl (C=O) groups is 2. The molecule has 0 radical (unpaired) electrons. The standard InChI is InChI=1S/C28H36N8O3/c1-5-29-24-19(17-31-26(34-24)33-21-12-13-22-20(16-21)18-32-35-22)10-7-6-8-14-30-25(37)23-11-9-15-36(23)27(38)39-28(2,3)4/h12-13,16-18,23H,5-6,8-9,11,14-15H2,1-4H3,(H,30,37)(H,32,35)(H2,29,31,33,34)/t23-/m0/s1. The van der Waals surface area contributed by atoms with Gasteiger partial charge in [-0.05, 0) is 65.2 Å². The van der Waals surface area contributed by atoms with Crippen LogP contribution in [0.2, 0.25) is 0 Å². The van der Waals surface area contributed by atoms with Crippen molar-refractivity contribution >= 4 is 40.4 Å². The van der Waals surface area contributed by atoms with Gasteiger partial charge in [-0.15, -0.1) is 0 Å². The summed E-state index contributed by atoms with van der Waals surface area (Å²) in [7, 11) is 0. The number of aromatic amines is 1. The summed E-state index contributed by atoms with van der Waals surface area (Å²) in [5, 5.41) is 17.4. The van der Waals surface area contributed by atoms with Crippen molar-refractivity contribution in [1.29, 1.82) is 0 Å². The van der Waals surface area contributed by atoms with E-state index >= 15 is 0 Å². The zero-order chi connectivity index (χ0) is 27.8. The maximum Gasteiger partial charge on any atom is 0.410 e. The summed E-state index contributed by atoms with van der Waals surface area (Å²) in [5.41, 5.74) is 1.93. The first-order valence-corrected chi connectivity index (χ1v) is 13.3. The van der Waals surface area contributed by atoms with Gasteiger partial charge in [-0.1, -0.05) is 11.8 Å². The van der Waals surface area contributed by atoms with E-state index in [0.717, 1.165) is 23.0 Å². The van der Waals surface area contributed by atoms with Gasteiger partial charge in [0.05, 0.1) is 23.5 Å². The average molecular weight is 533 g/mol. The van der Waals surface area contributed by atoms with Gasteiger partial charge in [0.15, 0.2) is 0 Å². The van der Waals surface area contributed by atoms with Crippen molar-refractivity contribution < 1.29 is 14.3 Å². The molecule has 2 aromatic heterocycles. The third-order valence-electron chi connectivity index (χ3n) is 6.01. The molecule has 39 heavy (non-hydrogen) atoms. The molecule has 1 aliphatic heterocycles. The summed E-state index contributed by atoms with van der Waals surface area (Å²) in [6.07, 6.45) is 5.73. The second-order valence-electron chi connectivity index (χ2n) is 10.3. The van der Waals surface area contributed by atoms with Crippen LogP contribution in [-0.4, -0.2) is 68.3 Å². The third-order valence-corrected chi connectivity index (χ3v) is 6.01. The monoisotopic (exact) mass is 532 g/mol. The van der Waals surface area contributed by atoms with E-state index in [4.69, 9.17) is 4.74 Å². The van der Waals surface area contributed by atoms with Crippen LogP contribution in [0.15, 0.2) is 30.6 Å². The minimum Gasteiger partial charge on any atom is -0.444 e. The molecule has 4 N–H and O–H groups in total. The Kier molecular flexibility index (Phi) is 8.86. The fourth-order valence-corrected chi connectivity index (χ4v) is 4.23. The molecule has 0 saturated carbocycles. The van der Waals surface area contributed by atoms with Crippen LogP contribution >= 0.6 is 0 Å². The first kappa shape index (κ1) is 27.7. The minimum atomic E-state index is -0.594. The number of rotatable bonds is 8. The Hall–Kier alpha value is -4.33. The summed E-state index contributed by atoms with van der Waals surface area (Å²) >= 11 is 0. The van der Waals surface area contributed by atoms with Crippen LogP contribution in [0.5, 0.6) is 0 Å². The van der Waals surface area contributed by atoms with Crippen molar-refractivity contribution in [3.63, 3.8) is 0 Å². The van der Waals surface area contributed by atoms with E-state index < -0.39 is 17.7 Å². The Morgan fingerprint density at radius 3 is 2.90 bits per heavy atom. The lowest BCUT2D eigenvalue weighted by Gasteiger charge is -2.28. The van der Waals surface area contributed by atoms with Crippen LogP contribution in [0.4, 0.5) is 22.2 Å². The number of anilines is 3. The number of benzene rings is 1. The van der Waals surface area contributed by atoms with Gasteiger partial charge < -0.3 is 20.7 Å². The van der Waals surface area contributed by atoms with Gasteiger partial charge in [0.2, 0.25) is 11.9 Å². The number of nitrogens with zero attached hydrogens (tertiary/aromatic N) is 4. The second-order valence-corrected chi connectivity index (χ2v) is 10.3. The molecule has 4 rings (SSSR count). The van der Waals surface area contributed by atoms with Crippen LogP contribution in [0.25, 0.3) is 10.9 Å². The average Bonchev–Trinajstić information content (AvgIpc) is 3.56. The molecule has 1 aliphatic rings. The highest BCUT2D eigenvalue weighted by Gasteiger charge is 2.36. The smallest absolute Gasteiger partial charge is 0.410 e. The molecule has 1 fully saturated rings. The lowest BCUT2D eigenvalue weighted by Crippen LogP contribution is -2.47. The van der Waals surface area contributed by atoms with Crippen molar-refractivity contribution in [2.24, 2.45) is 0 Å². The summed E-state index contributed by atoms with van der Waals surface area (Å²) in [4.78, 5) is 35.7. The number of hydrogen-bond acceptors (Lipinski definition) is 8. The highest BCUT2D eigenvalue weighted by Crippen LogP contribution is 2.22. The Morgan fingerprint density at radius 2 is 2.10 bits per heavy atom. The van der Waals surface area contributed by atoms with Gasteiger partial charge in [0.25, 0.3) is 0 Å². The second kappa shape index (κ2) is 12.5. The van der Waals surface area contributed by atoms with Gasteiger partial charge in [-0.3, -0.25) is 14.8 Å². The largest absolute Gasteiger partial charge is 0.444 e. The third kappa shape index (κ3) is 7.60. The first-order valence-electron chi connectivity index (χ1n) is 13.3. The molecule has 11 nitrogen and oxygen atoms in total. The Morgan fingerprint density at radius 1 is 1.26 bits per heavy atom. The molecule has 0 bridgehead atoms. The summed E-state index contributed by atoms with van der Waals surface area (Å²) < 4.78 is 5.44. The molecule has 2 amide bonds. The van der Waals surface area contributed by atoms with E-state index in [1.54, 1.807) is 12.4 Å². The van der Waals surface area contributed by atoms with Gasteiger partial charge in [-0.25, -0.2) is 9.78 Å². The van der Waals surface area contributed by atoms with Crippen molar-refractivity contribution in [2.75, 3.05) is 30.3 Å². The molecule has 11 heteroatoms. The van der Waals surface area contributed by atoms with Crippen molar-refractivity contribution in [2.45, 2.75) is 65.0 Å². The molecule has 1 atom stereocenters. The molecule has 0 aliphatic carbocycles. The number of fused-ring (bicyclic) bond motifs is 1. The van der Waals surface area contributed by atoms with Crippen LogP contribution in [0.3, 0.4) is 0 Å². The topological polar surface area (TPSA) is 137 Å². The van der Waals surface area contributed by atoms with Gasteiger partial charge >= 0.3 is 6.09 Å². The maximum absolute atomic E-state index is 12.7. The summed E-state index contributed by atoms with van der Waals surface area (Å²) in [6.45, 7) is 9.15. The zero-order valence-electron chi connectivity index (χ0n) is 22.9. The minimum absolute atomic E-state index is 0.149. The van der Waals surface area contributed by atoms with Crippen LogP contribution in [0.1, 0.15) is 58.9 Å². The number of amides is 2. The number of hydrogen-bond donors (Lipinski definition) is 4. The fraction of sp³-hybridized carbons (Fsp3) is 0.464. The molecular formula is C28H36N8O3. The lowest BCUT2D eigenvalue weighted by molar-refractivity contribution is -0.125. The molecule has 206 valence electrons. The summed E-state index contributed by atoms with van der Waals surface area (Å²) in [5.74, 6) is 7.26. The molecule has 0 unspecified atom stereocenters. The van der Waals surface area contributed by atoms with E-state index in [1.807, 2.05) is 45.9 Å². The van der Waals surface area contributed by atoms with Gasteiger partial charge in [0.1, 0.15) is 17.5 Å². The predicted octanol–water partition coefficient (Wildman–Crippen LogP) is 4.18. The molecule has 0 spiro atoms. The summed E-state index contributed by atoms with van der Waals surface area (Å²) in [6, 6.07) is 5.37. The highest BCUT2D eigenvalue weighted by molar-refractivity contribution is 5.86. The number of carbonyl (C=O) groups excluding carboxylic acids is 2. The Labute approximate surface area is 228 Å². The first-order chi connectivity index (χ1) is 18.7. The maximum atomic E-state index is 12.7. The molecular weight excluding hydrogens is 496 g/mol. The van der Waals surface area contributed by atoms with E-state index in [0.29, 0.717) is 56.2 Å². The number of unbranched alkanes of at least 4 members (excludes halogenated alkanes) is 1. The lowest BCUT2D eigenvalue weighted by atomic mass is 10.2. The predicted molar refractivity (Wildman–Crippen MR) is 151 cm³/mol. The SMILES string of the molecule is CCNc1nc(Nc2ccc3[nH]ncc3c2)ncc1C#CCCCNC(=O)[C@@H]1CCCN1C(=O)OC(C)(C)C. The Bertz CT molecular complexity index is 1370. The van der Waals surface area contributed by atoms with Gasteiger partial charge in [-0.2, -0.15) is 10.1 Å². The quantitative estimate of drug-likeness (QED) is 0.251. The molecule has 1 aromatic carbocycles. The molecule has 1 saturated heterocycles. The molecule has 3 heterocycles. The number of nitrogens with one attached hydrogen (secondary N) is 4. The van der Waals surface area contributed by atoms with E-state index in [9.17, 15) is 9.59 Å². The Balaban J connectivity index is 1.27. The molecule has 3 aromatic rings. The van der Waals surface area contributed by atoms with Crippen LogP contribution < -0.4 is 16.0 Å². The zero-order valence-corrected chi connectivity index (χ0v) is 22.9. The van der Waals surface area contributed by atoms with E-state index in [2.05, 4.69) is 48.0 Å². The van der Waals surface area contributed by atoms with Crippen molar-refractivity contribution in [3.8, 4) is 11.8 Å². The fourth-order valence-electron chi connectivity index (χ4n) is 4.23. The number of likely N-dealkylation sites (tertiary alicyclic amines) is 1. The number of ether oxygens (including phenoxy) is 1. The number of H-pyrrole nitrogens is 1. The van der Waals surface area contributed by atoms with Gasteiger partial charge in [0, 0.05) is 37.1 Å². The highest BCUT2D eigenvalue weighted by atomic mass is 16.6. The van der Waals surface area contributed by atoms with Crippen LogP contribution in [0, 0.1) is 11.8 Å². The van der Waals surface area contributed by atoms with Crippen LogP contribution in [-0.2, 0) is 9.53 Å². The normalized spacial score (nSPS) is 15.0.